The first-order valence-corrected chi connectivity index (χ1v) is 6.77. The van der Waals surface area contributed by atoms with Gasteiger partial charge in [0.1, 0.15) is 11.5 Å². The fourth-order valence-corrected chi connectivity index (χ4v) is 3.30. The lowest BCUT2D eigenvalue weighted by Gasteiger charge is -2.27. The number of nitrogens with zero attached hydrogens (tertiary/aromatic N) is 1. The first kappa shape index (κ1) is 14.4. The third kappa shape index (κ3) is 2.51. The van der Waals surface area contributed by atoms with Gasteiger partial charge in [-0.3, -0.25) is 4.79 Å². The van der Waals surface area contributed by atoms with Gasteiger partial charge in [-0.05, 0) is 45.7 Å². The van der Waals surface area contributed by atoms with Crippen LogP contribution in [0.1, 0.15) is 41.1 Å². The first-order valence-electron chi connectivity index (χ1n) is 6.77. The van der Waals surface area contributed by atoms with Crippen molar-refractivity contribution < 1.29 is 9.21 Å². The summed E-state index contributed by atoms with van der Waals surface area (Å²) < 4.78 is 5.49. The molecule has 1 amide bonds. The van der Waals surface area contributed by atoms with Crippen molar-refractivity contribution in [3.8, 4) is 0 Å². The molecular formula is C14H21ClN2O2. The predicted molar refractivity (Wildman–Crippen MR) is 75.9 cm³/mol. The number of hydrogen-bond donors (Lipinski definition) is 1. The molecule has 0 aromatic carbocycles. The lowest BCUT2D eigenvalue weighted by Crippen LogP contribution is -2.42. The molecule has 2 saturated heterocycles. The lowest BCUT2D eigenvalue weighted by atomic mass is 10.1. The molecule has 0 radical (unpaired) electrons. The molecule has 2 aliphatic rings. The van der Waals surface area contributed by atoms with Gasteiger partial charge in [-0.1, -0.05) is 0 Å². The van der Waals surface area contributed by atoms with E-state index in [1.54, 1.807) is 0 Å². The molecule has 0 saturated carbocycles. The van der Waals surface area contributed by atoms with Crippen molar-refractivity contribution >= 4 is 18.3 Å². The monoisotopic (exact) mass is 284 g/mol. The third-order valence-corrected chi connectivity index (χ3v) is 4.16. The summed E-state index contributed by atoms with van der Waals surface area (Å²) in [7, 11) is 0. The van der Waals surface area contributed by atoms with E-state index in [1.165, 1.54) is 0 Å². The van der Waals surface area contributed by atoms with E-state index in [0.717, 1.165) is 49.4 Å². The van der Waals surface area contributed by atoms with Gasteiger partial charge < -0.3 is 14.6 Å². The minimum absolute atomic E-state index is 0. The third-order valence-electron chi connectivity index (χ3n) is 4.16. The van der Waals surface area contributed by atoms with Crippen molar-refractivity contribution in [1.82, 2.24) is 10.2 Å². The molecule has 2 atom stereocenters. The fourth-order valence-electron chi connectivity index (χ4n) is 3.30. The van der Waals surface area contributed by atoms with Crippen LogP contribution in [0.3, 0.4) is 0 Å². The maximum atomic E-state index is 12.7. The molecule has 2 bridgehead atoms. The summed E-state index contributed by atoms with van der Waals surface area (Å²) in [5.41, 5.74) is 0.742. The van der Waals surface area contributed by atoms with E-state index >= 15 is 0 Å². The second kappa shape index (κ2) is 5.55. The number of halogens is 1. The minimum atomic E-state index is 0. The van der Waals surface area contributed by atoms with Crippen LogP contribution >= 0.6 is 12.4 Å². The Bertz CT molecular complexity index is 458. The molecule has 0 aliphatic carbocycles. The Morgan fingerprint density at radius 2 is 2.05 bits per heavy atom. The number of furan rings is 1. The van der Waals surface area contributed by atoms with E-state index in [9.17, 15) is 4.79 Å². The van der Waals surface area contributed by atoms with Crippen molar-refractivity contribution in [1.29, 1.82) is 0 Å². The summed E-state index contributed by atoms with van der Waals surface area (Å²) >= 11 is 0. The largest absolute Gasteiger partial charge is 0.466 e. The van der Waals surface area contributed by atoms with E-state index in [4.69, 9.17) is 4.42 Å². The smallest absolute Gasteiger partial charge is 0.257 e. The number of hydrogen-bond acceptors (Lipinski definition) is 3. The van der Waals surface area contributed by atoms with E-state index in [0.29, 0.717) is 12.1 Å². The molecule has 2 aliphatic heterocycles. The van der Waals surface area contributed by atoms with Crippen LogP contribution < -0.4 is 5.32 Å². The Kier molecular flexibility index (Phi) is 4.21. The minimum Gasteiger partial charge on any atom is -0.466 e. The van der Waals surface area contributed by atoms with Crippen molar-refractivity contribution in [2.24, 2.45) is 0 Å². The number of aryl methyl sites for hydroxylation is 2. The molecule has 1 aromatic heterocycles. The van der Waals surface area contributed by atoms with Crippen molar-refractivity contribution in [2.45, 2.75) is 45.2 Å². The summed E-state index contributed by atoms with van der Waals surface area (Å²) in [6.45, 7) is 5.72. The van der Waals surface area contributed by atoms with Crippen LogP contribution in [0.15, 0.2) is 10.5 Å². The topological polar surface area (TPSA) is 45.5 Å². The average Bonchev–Trinajstić information content (AvgIpc) is 2.76. The van der Waals surface area contributed by atoms with Crippen LogP contribution in [0.25, 0.3) is 0 Å². The fraction of sp³-hybridized carbons (Fsp3) is 0.643. The van der Waals surface area contributed by atoms with Crippen LogP contribution in [0.4, 0.5) is 0 Å². The number of carbonyl (C=O) groups excluding carboxylic acids is 1. The van der Waals surface area contributed by atoms with Crippen LogP contribution in [0, 0.1) is 13.8 Å². The molecule has 3 rings (SSSR count). The van der Waals surface area contributed by atoms with Gasteiger partial charge in [0.15, 0.2) is 0 Å². The van der Waals surface area contributed by atoms with Crippen molar-refractivity contribution in [2.75, 3.05) is 13.1 Å². The molecule has 4 nitrogen and oxygen atoms in total. The Morgan fingerprint density at radius 3 is 2.74 bits per heavy atom. The van der Waals surface area contributed by atoms with Gasteiger partial charge in [0.2, 0.25) is 0 Å². The summed E-state index contributed by atoms with van der Waals surface area (Å²) in [5, 5.41) is 3.42. The quantitative estimate of drug-likeness (QED) is 0.861. The first-order chi connectivity index (χ1) is 8.66. The maximum absolute atomic E-state index is 12.7. The lowest BCUT2D eigenvalue weighted by molar-refractivity contribution is 0.0678. The number of carbonyl (C=O) groups is 1. The van der Waals surface area contributed by atoms with Gasteiger partial charge in [-0.15, -0.1) is 12.4 Å². The summed E-state index contributed by atoms with van der Waals surface area (Å²) in [5.74, 6) is 1.71. The van der Waals surface area contributed by atoms with Gasteiger partial charge in [-0.2, -0.15) is 0 Å². The normalized spacial score (nSPS) is 25.9. The van der Waals surface area contributed by atoms with Crippen molar-refractivity contribution in [3.05, 3.63) is 23.2 Å². The molecule has 0 spiro atoms. The molecule has 1 aromatic rings. The summed E-state index contributed by atoms with van der Waals surface area (Å²) in [6.07, 6.45) is 3.34. The zero-order chi connectivity index (χ0) is 12.7. The molecule has 1 N–H and O–H groups in total. The summed E-state index contributed by atoms with van der Waals surface area (Å²) in [6, 6.07) is 2.64. The molecule has 5 heteroatoms. The highest BCUT2D eigenvalue weighted by Gasteiger charge is 2.39. The number of nitrogens with one attached hydrogen (secondary N) is 1. The summed E-state index contributed by atoms with van der Waals surface area (Å²) in [4.78, 5) is 14.8. The van der Waals surface area contributed by atoms with Gasteiger partial charge in [0.05, 0.1) is 5.56 Å². The second-order valence-corrected chi connectivity index (χ2v) is 5.42. The van der Waals surface area contributed by atoms with Gasteiger partial charge >= 0.3 is 0 Å². The van der Waals surface area contributed by atoms with E-state index < -0.39 is 0 Å². The highest BCUT2D eigenvalue weighted by molar-refractivity contribution is 5.96. The maximum Gasteiger partial charge on any atom is 0.257 e. The molecular weight excluding hydrogens is 264 g/mol. The van der Waals surface area contributed by atoms with Gasteiger partial charge in [-0.25, -0.2) is 0 Å². The predicted octanol–water partition coefficient (Wildman–Crippen LogP) is 2.28. The van der Waals surface area contributed by atoms with E-state index in [-0.39, 0.29) is 18.3 Å². The molecule has 19 heavy (non-hydrogen) atoms. The Hall–Kier alpha value is -1.000. The van der Waals surface area contributed by atoms with Crippen LogP contribution in [-0.2, 0) is 0 Å². The molecule has 3 heterocycles. The number of fused-ring (bicyclic) bond motifs is 2. The van der Waals surface area contributed by atoms with Crippen LogP contribution in [0.2, 0.25) is 0 Å². The van der Waals surface area contributed by atoms with Gasteiger partial charge in [0.25, 0.3) is 5.91 Å². The standard InChI is InChI=1S/C14H20N2O2.ClH/c1-9-7-13(10(2)18-9)14(17)16-11-3-4-12(16)8-15-6-5-11;/h7,11-12,15H,3-6,8H2,1-2H3;1H. The zero-order valence-corrected chi connectivity index (χ0v) is 12.3. The zero-order valence-electron chi connectivity index (χ0n) is 11.4. The van der Waals surface area contributed by atoms with Crippen LogP contribution in [0.5, 0.6) is 0 Å². The van der Waals surface area contributed by atoms with E-state index in [2.05, 4.69) is 10.2 Å². The van der Waals surface area contributed by atoms with E-state index in [1.807, 2.05) is 19.9 Å². The second-order valence-electron chi connectivity index (χ2n) is 5.42. The Labute approximate surface area is 119 Å². The number of rotatable bonds is 1. The SMILES string of the molecule is Cc1cc(C(=O)N2C3CCNCC2CC3)c(C)o1.Cl. The Morgan fingerprint density at radius 1 is 1.32 bits per heavy atom. The molecule has 106 valence electrons. The highest BCUT2D eigenvalue weighted by atomic mass is 35.5. The number of amides is 1. The Balaban J connectivity index is 0.00000133. The average molecular weight is 285 g/mol. The van der Waals surface area contributed by atoms with Gasteiger partial charge in [0, 0.05) is 18.6 Å². The van der Waals surface area contributed by atoms with Crippen LogP contribution in [-0.4, -0.2) is 36.0 Å². The molecule has 2 unspecified atom stereocenters. The van der Waals surface area contributed by atoms with Crippen molar-refractivity contribution in [3.63, 3.8) is 0 Å². The highest BCUT2D eigenvalue weighted by Crippen LogP contribution is 2.30. The molecule has 2 fully saturated rings.